The second kappa shape index (κ2) is 8.30. The van der Waals surface area contributed by atoms with Crippen molar-refractivity contribution in [2.45, 2.75) is 19.1 Å². The fraction of sp³-hybridized carbons (Fsp3) is 0.353. The van der Waals surface area contributed by atoms with Crippen molar-refractivity contribution >= 4 is 17.2 Å². The maximum atomic E-state index is 13.0. The number of carbonyl (C=O) groups is 1. The first-order valence-corrected chi connectivity index (χ1v) is 8.37. The lowest BCUT2D eigenvalue weighted by Crippen LogP contribution is -2.36. The van der Waals surface area contributed by atoms with Crippen LogP contribution in [0, 0.1) is 0 Å². The summed E-state index contributed by atoms with van der Waals surface area (Å²) in [6, 6.07) is 9.38. The maximum absolute atomic E-state index is 13.0. The van der Waals surface area contributed by atoms with Gasteiger partial charge in [0.25, 0.3) is 0 Å². The van der Waals surface area contributed by atoms with Crippen molar-refractivity contribution in [2.24, 2.45) is 0 Å². The van der Waals surface area contributed by atoms with Crippen molar-refractivity contribution in [3.8, 4) is 0 Å². The third-order valence-electron chi connectivity index (χ3n) is 3.45. The van der Waals surface area contributed by atoms with Crippen LogP contribution in [0.2, 0.25) is 0 Å². The fourth-order valence-corrected chi connectivity index (χ4v) is 3.07. The molecule has 0 saturated heterocycles. The Morgan fingerprint density at radius 1 is 1.21 bits per heavy atom. The van der Waals surface area contributed by atoms with Crippen LogP contribution in [0.25, 0.3) is 0 Å². The van der Waals surface area contributed by atoms with Crippen LogP contribution in [-0.4, -0.2) is 30.9 Å². The number of halogens is 3. The highest BCUT2D eigenvalue weighted by atomic mass is 32.1. The number of thiophene rings is 1. The largest absolute Gasteiger partial charge is 0.416 e. The zero-order chi connectivity index (χ0) is 17.6. The topological polar surface area (TPSA) is 32.3 Å². The summed E-state index contributed by atoms with van der Waals surface area (Å²) in [5.74, 6) is -0.196. The molecule has 1 aromatic carbocycles. The zero-order valence-corrected chi connectivity index (χ0v) is 14.1. The second-order valence-corrected chi connectivity index (χ2v) is 6.54. The van der Waals surface area contributed by atoms with Crippen LogP contribution in [-0.2, 0) is 23.9 Å². The standard InChI is InChI=1S/C17H19F3N2OS/c1-22(11-13-5-2-3-7-15(13)17(18,19)20)12-16(23)21-9-8-14-6-4-10-24-14/h2-7,10H,8-9,11-12H2,1H3,(H,21,23). The van der Waals surface area contributed by atoms with Gasteiger partial charge in [-0.05, 0) is 36.5 Å². The van der Waals surface area contributed by atoms with Crippen molar-refractivity contribution in [1.82, 2.24) is 10.2 Å². The second-order valence-electron chi connectivity index (χ2n) is 5.51. The Hall–Kier alpha value is -1.86. The molecule has 0 aliphatic carbocycles. The molecule has 2 rings (SSSR count). The molecule has 1 amide bonds. The van der Waals surface area contributed by atoms with Crippen LogP contribution >= 0.6 is 11.3 Å². The van der Waals surface area contributed by atoms with Crippen LogP contribution in [0.5, 0.6) is 0 Å². The first-order valence-electron chi connectivity index (χ1n) is 7.49. The first-order chi connectivity index (χ1) is 11.4. The van der Waals surface area contributed by atoms with E-state index in [0.29, 0.717) is 6.54 Å². The summed E-state index contributed by atoms with van der Waals surface area (Å²) in [6.45, 7) is 0.636. The minimum atomic E-state index is -4.39. The van der Waals surface area contributed by atoms with E-state index in [1.54, 1.807) is 29.4 Å². The molecule has 0 aliphatic heterocycles. The molecule has 0 saturated carbocycles. The van der Waals surface area contributed by atoms with Crippen molar-refractivity contribution in [3.05, 3.63) is 57.8 Å². The van der Waals surface area contributed by atoms with E-state index >= 15 is 0 Å². The van der Waals surface area contributed by atoms with Gasteiger partial charge in [-0.15, -0.1) is 11.3 Å². The minimum Gasteiger partial charge on any atom is -0.355 e. The molecule has 0 atom stereocenters. The molecule has 0 fully saturated rings. The summed E-state index contributed by atoms with van der Waals surface area (Å²) in [4.78, 5) is 14.6. The number of rotatable bonds is 7. The Bertz CT molecular complexity index is 656. The molecule has 1 aromatic heterocycles. The highest BCUT2D eigenvalue weighted by Gasteiger charge is 2.33. The number of nitrogens with one attached hydrogen (secondary N) is 1. The van der Waals surface area contributed by atoms with Gasteiger partial charge in [0, 0.05) is 18.0 Å². The van der Waals surface area contributed by atoms with Gasteiger partial charge in [0.15, 0.2) is 0 Å². The van der Waals surface area contributed by atoms with Gasteiger partial charge in [-0.1, -0.05) is 24.3 Å². The van der Waals surface area contributed by atoms with Gasteiger partial charge in [0.2, 0.25) is 5.91 Å². The molecule has 1 heterocycles. The number of alkyl halides is 3. The van der Waals surface area contributed by atoms with E-state index in [0.717, 1.165) is 12.5 Å². The van der Waals surface area contributed by atoms with E-state index in [1.165, 1.54) is 17.0 Å². The molecule has 2 aromatic rings. The van der Waals surface area contributed by atoms with Gasteiger partial charge in [0.05, 0.1) is 12.1 Å². The van der Waals surface area contributed by atoms with E-state index in [9.17, 15) is 18.0 Å². The van der Waals surface area contributed by atoms with Gasteiger partial charge in [0.1, 0.15) is 0 Å². The van der Waals surface area contributed by atoms with Gasteiger partial charge in [-0.25, -0.2) is 0 Å². The third-order valence-corrected chi connectivity index (χ3v) is 4.39. The van der Waals surface area contributed by atoms with Crippen molar-refractivity contribution in [2.75, 3.05) is 20.1 Å². The third kappa shape index (κ3) is 5.65. The van der Waals surface area contributed by atoms with E-state index in [4.69, 9.17) is 0 Å². The molecule has 0 radical (unpaired) electrons. The average molecular weight is 356 g/mol. The molecule has 130 valence electrons. The van der Waals surface area contributed by atoms with Crippen LogP contribution in [0.4, 0.5) is 13.2 Å². The molecule has 0 bridgehead atoms. The monoisotopic (exact) mass is 356 g/mol. The van der Waals surface area contributed by atoms with Crippen molar-refractivity contribution in [3.63, 3.8) is 0 Å². The number of likely N-dealkylation sites (N-methyl/N-ethyl adjacent to an activating group) is 1. The number of hydrogen-bond donors (Lipinski definition) is 1. The zero-order valence-electron chi connectivity index (χ0n) is 13.3. The van der Waals surface area contributed by atoms with Crippen molar-refractivity contribution in [1.29, 1.82) is 0 Å². The summed E-state index contributed by atoms with van der Waals surface area (Å²) in [7, 11) is 1.63. The van der Waals surface area contributed by atoms with Crippen molar-refractivity contribution < 1.29 is 18.0 Å². The lowest BCUT2D eigenvalue weighted by molar-refractivity contribution is -0.138. The molecule has 0 aliphatic rings. The normalized spacial score (nSPS) is 11.7. The van der Waals surface area contributed by atoms with E-state index in [1.807, 2.05) is 17.5 Å². The molecule has 1 N–H and O–H groups in total. The van der Waals surface area contributed by atoms with E-state index < -0.39 is 11.7 Å². The Morgan fingerprint density at radius 2 is 1.96 bits per heavy atom. The van der Waals surface area contributed by atoms with Crippen LogP contribution < -0.4 is 5.32 Å². The molecule has 3 nitrogen and oxygen atoms in total. The molecule has 0 unspecified atom stereocenters. The predicted octanol–water partition coefficient (Wildman–Crippen LogP) is 3.56. The smallest absolute Gasteiger partial charge is 0.355 e. The molecule has 7 heteroatoms. The summed E-state index contributed by atoms with van der Waals surface area (Å²) in [6.07, 6.45) is -3.63. The fourth-order valence-electron chi connectivity index (χ4n) is 2.36. The first kappa shape index (κ1) is 18.5. The minimum absolute atomic E-state index is 0.0522. The number of nitrogens with zero attached hydrogens (tertiary/aromatic N) is 1. The summed E-state index contributed by atoms with van der Waals surface area (Å²) in [5, 5.41) is 4.76. The Balaban J connectivity index is 1.82. The van der Waals surface area contributed by atoms with E-state index in [2.05, 4.69) is 5.32 Å². The van der Waals surface area contributed by atoms with Crippen LogP contribution in [0.1, 0.15) is 16.0 Å². The maximum Gasteiger partial charge on any atom is 0.416 e. The molecular formula is C17H19F3N2OS. The summed E-state index contributed by atoms with van der Waals surface area (Å²) >= 11 is 1.63. The highest BCUT2D eigenvalue weighted by molar-refractivity contribution is 7.09. The average Bonchev–Trinajstić information content (AvgIpc) is 2.99. The Labute approximate surface area is 143 Å². The van der Waals surface area contributed by atoms with Gasteiger partial charge in [-0.3, -0.25) is 9.69 Å². The number of hydrogen-bond acceptors (Lipinski definition) is 3. The summed E-state index contributed by atoms with van der Waals surface area (Å²) < 4.78 is 38.9. The van der Waals surface area contributed by atoms with E-state index in [-0.39, 0.29) is 24.6 Å². The SMILES string of the molecule is CN(CC(=O)NCCc1cccs1)Cc1ccccc1C(F)(F)F. The Morgan fingerprint density at radius 3 is 2.62 bits per heavy atom. The number of benzene rings is 1. The predicted molar refractivity (Wildman–Crippen MR) is 88.8 cm³/mol. The van der Waals surface area contributed by atoms with Gasteiger partial charge in [-0.2, -0.15) is 13.2 Å². The quantitative estimate of drug-likeness (QED) is 0.823. The molecule has 0 spiro atoms. The Kier molecular flexibility index (Phi) is 6.39. The van der Waals surface area contributed by atoms with Gasteiger partial charge < -0.3 is 5.32 Å². The lowest BCUT2D eigenvalue weighted by Gasteiger charge is -2.19. The number of carbonyl (C=O) groups excluding carboxylic acids is 1. The molecular weight excluding hydrogens is 337 g/mol. The number of amides is 1. The molecule has 24 heavy (non-hydrogen) atoms. The lowest BCUT2D eigenvalue weighted by atomic mass is 10.1. The summed E-state index contributed by atoms with van der Waals surface area (Å²) in [5.41, 5.74) is -0.492. The van der Waals surface area contributed by atoms with Crippen LogP contribution in [0.15, 0.2) is 41.8 Å². The van der Waals surface area contributed by atoms with Gasteiger partial charge >= 0.3 is 6.18 Å². The van der Waals surface area contributed by atoms with Crippen LogP contribution in [0.3, 0.4) is 0 Å². The highest BCUT2D eigenvalue weighted by Crippen LogP contribution is 2.32.